The summed E-state index contributed by atoms with van der Waals surface area (Å²) in [6.45, 7) is 11.2. The Morgan fingerprint density at radius 1 is 1.08 bits per heavy atom. The first-order valence-corrected chi connectivity index (χ1v) is 14.0. The fourth-order valence-corrected chi connectivity index (χ4v) is 8.14. The molecule has 11 atom stereocenters. The van der Waals surface area contributed by atoms with Gasteiger partial charge >= 0.3 is 17.9 Å². The minimum absolute atomic E-state index is 0.0314. The van der Waals surface area contributed by atoms with Gasteiger partial charge in [0.05, 0.1) is 36.8 Å². The number of hydrogen-bond donors (Lipinski definition) is 1. The summed E-state index contributed by atoms with van der Waals surface area (Å²) < 4.78 is 36.2. The second-order valence-electron chi connectivity index (χ2n) is 12.6. The van der Waals surface area contributed by atoms with Gasteiger partial charge in [0.1, 0.15) is 18.3 Å². The molecule has 3 aliphatic heterocycles. The van der Waals surface area contributed by atoms with Crippen LogP contribution >= 0.6 is 0 Å². The first-order valence-electron chi connectivity index (χ1n) is 14.0. The molecule has 3 heterocycles. The van der Waals surface area contributed by atoms with Crippen LogP contribution in [-0.4, -0.2) is 79.1 Å². The van der Waals surface area contributed by atoms with Crippen LogP contribution in [0, 0.1) is 34.5 Å². The number of carbonyl (C=O) groups is 3. The van der Waals surface area contributed by atoms with Crippen molar-refractivity contribution < 1.29 is 47.9 Å². The monoisotopic (exact) mass is 538 g/mol. The molecule has 0 aromatic heterocycles. The van der Waals surface area contributed by atoms with Gasteiger partial charge in [0, 0.05) is 25.2 Å². The molecule has 0 radical (unpaired) electrons. The highest BCUT2D eigenvalue weighted by molar-refractivity contribution is 5.72. The zero-order chi connectivity index (χ0) is 27.6. The number of esters is 3. The summed E-state index contributed by atoms with van der Waals surface area (Å²) >= 11 is 0. The molecule has 2 saturated carbocycles. The van der Waals surface area contributed by atoms with E-state index in [0.717, 1.165) is 12.8 Å². The second-order valence-corrected chi connectivity index (χ2v) is 12.6. The van der Waals surface area contributed by atoms with Crippen molar-refractivity contribution in [3.05, 3.63) is 0 Å². The maximum atomic E-state index is 12.8. The highest BCUT2D eigenvalue weighted by Crippen LogP contribution is 2.70. The molecule has 38 heavy (non-hydrogen) atoms. The van der Waals surface area contributed by atoms with Crippen molar-refractivity contribution in [2.24, 2.45) is 34.5 Å². The van der Waals surface area contributed by atoms with Crippen LogP contribution in [0.1, 0.15) is 67.2 Å². The Labute approximate surface area is 224 Å². The lowest BCUT2D eigenvalue weighted by Crippen LogP contribution is -2.74. The molecule has 1 N–H and O–H groups in total. The van der Waals surface area contributed by atoms with Gasteiger partial charge in [-0.05, 0) is 37.5 Å². The first-order chi connectivity index (χ1) is 17.9. The zero-order valence-corrected chi connectivity index (χ0v) is 23.3. The van der Waals surface area contributed by atoms with Gasteiger partial charge in [-0.1, -0.05) is 27.7 Å². The summed E-state index contributed by atoms with van der Waals surface area (Å²) in [6, 6.07) is 0. The molecule has 10 nitrogen and oxygen atoms in total. The summed E-state index contributed by atoms with van der Waals surface area (Å²) in [5, 5.41) is 11.6. The lowest BCUT2D eigenvalue weighted by molar-refractivity contribution is -0.285. The Morgan fingerprint density at radius 2 is 1.79 bits per heavy atom. The quantitative estimate of drug-likeness (QED) is 0.306. The fourth-order valence-electron chi connectivity index (χ4n) is 8.14. The maximum absolute atomic E-state index is 12.8. The van der Waals surface area contributed by atoms with Crippen LogP contribution in [0.3, 0.4) is 0 Å². The van der Waals surface area contributed by atoms with E-state index in [1.165, 1.54) is 13.8 Å². The number of carbonyl (C=O) groups excluding carboxylic acids is 3. The smallest absolute Gasteiger partial charge is 0.308 e. The third-order valence-corrected chi connectivity index (χ3v) is 10.3. The number of aliphatic hydroxyl groups is 1. The third kappa shape index (κ3) is 4.09. The number of fused-ring (bicyclic) bond motifs is 3. The van der Waals surface area contributed by atoms with Crippen molar-refractivity contribution in [2.75, 3.05) is 19.8 Å². The second kappa shape index (κ2) is 9.71. The predicted molar refractivity (Wildman–Crippen MR) is 131 cm³/mol. The van der Waals surface area contributed by atoms with Crippen LogP contribution in [0.2, 0.25) is 0 Å². The van der Waals surface area contributed by atoms with Gasteiger partial charge in [0.25, 0.3) is 0 Å². The van der Waals surface area contributed by atoms with Crippen molar-refractivity contribution >= 4 is 17.9 Å². The van der Waals surface area contributed by atoms with Gasteiger partial charge in [0.2, 0.25) is 0 Å². The van der Waals surface area contributed by atoms with Gasteiger partial charge < -0.3 is 33.5 Å². The van der Waals surface area contributed by atoms with E-state index in [-0.39, 0.29) is 43.9 Å². The average Bonchev–Trinajstić information content (AvgIpc) is 3.31. The molecule has 5 fully saturated rings. The van der Waals surface area contributed by atoms with E-state index in [9.17, 15) is 19.5 Å². The van der Waals surface area contributed by atoms with Crippen LogP contribution in [0.4, 0.5) is 0 Å². The standard InChI is InChI=1S/C28H42O10/c1-14(2)24(32)38-23-19(31)11-20-26(6,21-10-18-7-8-33-25(18)37-21)15(3)9-22(36-17(5)30)27(20,12-34-16(4)29)28(23)13-35-28/h14-15,18-23,25,31H,7-13H2,1-6H3/t15-,18-,19+,20-,21-,22+,23+,25+,26+,27+,28-/m1/s1. The lowest BCUT2D eigenvalue weighted by atomic mass is 9.41. The summed E-state index contributed by atoms with van der Waals surface area (Å²) in [4.78, 5) is 37.4. The van der Waals surface area contributed by atoms with E-state index in [0.29, 0.717) is 18.9 Å². The van der Waals surface area contributed by atoms with Crippen LogP contribution in [0.15, 0.2) is 0 Å². The molecule has 0 amide bonds. The van der Waals surface area contributed by atoms with Gasteiger partial charge in [-0.2, -0.15) is 0 Å². The van der Waals surface area contributed by atoms with E-state index in [1.807, 2.05) is 0 Å². The molecular formula is C28H42O10. The van der Waals surface area contributed by atoms with E-state index >= 15 is 0 Å². The number of ether oxygens (including phenoxy) is 6. The molecule has 0 unspecified atom stereocenters. The van der Waals surface area contributed by atoms with Crippen LogP contribution in [0.5, 0.6) is 0 Å². The molecule has 2 aliphatic carbocycles. The van der Waals surface area contributed by atoms with Gasteiger partial charge in [0.15, 0.2) is 12.4 Å². The fraction of sp³-hybridized carbons (Fsp3) is 0.893. The van der Waals surface area contributed by atoms with Crippen molar-refractivity contribution in [3.8, 4) is 0 Å². The zero-order valence-electron chi connectivity index (χ0n) is 23.3. The summed E-state index contributed by atoms with van der Waals surface area (Å²) in [7, 11) is 0. The Balaban J connectivity index is 1.63. The Morgan fingerprint density at radius 3 is 2.37 bits per heavy atom. The highest BCUT2D eigenvalue weighted by atomic mass is 16.7. The molecule has 5 rings (SSSR count). The molecule has 0 aromatic carbocycles. The number of hydrogen-bond acceptors (Lipinski definition) is 10. The maximum Gasteiger partial charge on any atom is 0.308 e. The van der Waals surface area contributed by atoms with Crippen molar-refractivity contribution in [2.45, 2.75) is 104 Å². The van der Waals surface area contributed by atoms with Crippen molar-refractivity contribution in [3.63, 3.8) is 0 Å². The summed E-state index contributed by atoms with van der Waals surface area (Å²) in [5.41, 5.74) is -2.74. The lowest BCUT2D eigenvalue weighted by Gasteiger charge is -2.65. The van der Waals surface area contributed by atoms with Gasteiger partial charge in [-0.3, -0.25) is 14.4 Å². The first kappa shape index (κ1) is 27.8. The number of epoxide rings is 1. The number of rotatable bonds is 6. The van der Waals surface area contributed by atoms with E-state index in [2.05, 4.69) is 13.8 Å². The predicted octanol–water partition coefficient (Wildman–Crippen LogP) is 2.38. The normalized spacial score (nSPS) is 47.4. The molecule has 0 aromatic rings. The van der Waals surface area contributed by atoms with Gasteiger partial charge in [-0.15, -0.1) is 0 Å². The topological polar surface area (TPSA) is 130 Å². The summed E-state index contributed by atoms with van der Waals surface area (Å²) in [6.07, 6.45) is -0.633. The van der Waals surface area contributed by atoms with E-state index < -0.39 is 58.6 Å². The van der Waals surface area contributed by atoms with E-state index in [4.69, 9.17) is 28.4 Å². The Hall–Kier alpha value is -1.75. The largest absolute Gasteiger partial charge is 0.465 e. The Bertz CT molecular complexity index is 949. The van der Waals surface area contributed by atoms with Crippen LogP contribution in [0.25, 0.3) is 0 Å². The molecule has 3 saturated heterocycles. The average molecular weight is 539 g/mol. The van der Waals surface area contributed by atoms with Gasteiger partial charge in [-0.25, -0.2) is 0 Å². The van der Waals surface area contributed by atoms with Crippen molar-refractivity contribution in [1.82, 2.24) is 0 Å². The molecule has 214 valence electrons. The van der Waals surface area contributed by atoms with Crippen LogP contribution in [-0.2, 0) is 42.8 Å². The summed E-state index contributed by atoms with van der Waals surface area (Å²) in [5.74, 6) is -1.79. The molecule has 1 spiro atoms. The minimum atomic E-state index is -1.18. The SMILES string of the molecule is CC(=O)OC[C@@]12[C@@H](OC(C)=O)C[C@@H](C)[C@](C)([C@H]3C[C@H]4CCO[C@H]4O3)[C@H]1C[C@H](O)[C@H](OC(=O)C(C)C)[C@]21CO1. The molecular weight excluding hydrogens is 496 g/mol. The number of aliphatic hydroxyl groups excluding tert-OH is 1. The minimum Gasteiger partial charge on any atom is -0.465 e. The van der Waals surface area contributed by atoms with E-state index in [1.54, 1.807) is 13.8 Å². The third-order valence-electron chi connectivity index (χ3n) is 10.3. The highest BCUT2D eigenvalue weighted by Gasteiger charge is 2.81. The van der Waals surface area contributed by atoms with Crippen LogP contribution < -0.4 is 0 Å². The molecule has 10 heteroatoms. The molecule has 0 bridgehead atoms. The Kier molecular flexibility index (Phi) is 7.11. The molecule has 5 aliphatic rings. The van der Waals surface area contributed by atoms with Crippen molar-refractivity contribution in [1.29, 1.82) is 0 Å².